The van der Waals surface area contributed by atoms with E-state index in [9.17, 15) is 4.79 Å². The van der Waals surface area contributed by atoms with Gasteiger partial charge in [-0.05, 0) is 36.8 Å². The molecule has 0 spiro atoms. The van der Waals surface area contributed by atoms with Crippen LogP contribution in [0.2, 0.25) is 0 Å². The van der Waals surface area contributed by atoms with E-state index < -0.39 is 0 Å². The van der Waals surface area contributed by atoms with Gasteiger partial charge in [0.2, 0.25) is 5.91 Å². The molecule has 0 aromatic carbocycles. The molecule has 182 valence electrons. The number of H-pyrrole nitrogens is 2. The summed E-state index contributed by atoms with van der Waals surface area (Å²) in [6, 6.07) is 11.7. The number of hydrogen-bond donors (Lipinski definition) is 3. The van der Waals surface area contributed by atoms with Crippen LogP contribution >= 0.6 is 0 Å². The highest BCUT2D eigenvalue weighted by Gasteiger charge is 2.16. The van der Waals surface area contributed by atoms with Crippen LogP contribution in [-0.4, -0.2) is 41.0 Å². The largest absolute Gasteiger partial charge is 0.352 e. The van der Waals surface area contributed by atoms with Gasteiger partial charge in [-0.1, -0.05) is 19.4 Å². The van der Waals surface area contributed by atoms with Crippen molar-refractivity contribution in [3.05, 3.63) is 73.6 Å². The Balaban J connectivity index is 1.37. The Morgan fingerprint density at radius 2 is 1.84 bits per heavy atom. The van der Waals surface area contributed by atoms with E-state index in [4.69, 9.17) is 4.98 Å². The third-order valence-corrected chi connectivity index (χ3v) is 6.26. The van der Waals surface area contributed by atoms with Crippen molar-refractivity contribution in [2.75, 3.05) is 5.32 Å². The minimum absolute atomic E-state index is 0.0136. The van der Waals surface area contributed by atoms with Crippen LogP contribution in [0.4, 0.5) is 5.69 Å². The van der Waals surface area contributed by atoms with E-state index in [1.807, 2.05) is 42.7 Å². The quantitative estimate of drug-likeness (QED) is 0.263. The molecule has 6 heterocycles. The summed E-state index contributed by atoms with van der Waals surface area (Å²) in [5.41, 5.74) is 8.18. The van der Waals surface area contributed by atoms with Crippen LogP contribution in [0.25, 0.3) is 55.7 Å². The fraction of sp³-hybridized carbons (Fsp3) is 0.143. The summed E-state index contributed by atoms with van der Waals surface area (Å²) in [5.74, 6) is -0.0136. The fourth-order valence-electron chi connectivity index (χ4n) is 4.39. The first-order valence-corrected chi connectivity index (χ1v) is 12.2. The molecule has 37 heavy (non-hydrogen) atoms. The zero-order chi connectivity index (χ0) is 25.2. The number of anilines is 1. The Bertz CT molecular complexity index is 1720. The van der Waals surface area contributed by atoms with Crippen LogP contribution in [0.15, 0.2) is 73.6 Å². The monoisotopic (exact) mass is 488 g/mol. The summed E-state index contributed by atoms with van der Waals surface area (Å²) in [6.07, 6.45) is 12.9. The summed E-state index contributed by atoms with van der Waals surface area (Å²) in [7, 11) is 0. The first-order chi connectivity index (χ1) is 18.2. The predicted octanol–water partition coefficient (Wildman–Crippen LogP) is 5.75. The summed E-state index contributed by atoms with van der Waals surface area (Å²) in [5, 5.41) is 11.6. The van der Waals surface area contributed by atoms with E-state index in [-0.39, 0.29) is 5.91 Å². The van der Waals surface area contributed by atoms with E-state index in [0.29, 0.717) is 17.8 Å². The zero-order valence-corrected chi connectivity index (χ0v) is 20.2. The van der Waals surface area contributed by atoms with E-state index in [0.717, 1.165) is 62.9 Å². The molecule has 0 fully saturated rings. The number of aromatic nitrogens is 7. The third-order valence-electron chi connectivity index (χ3n) is 6.26. The minimum Gasteiger partial charge on any atom is -0.352 e. The van der Waals surface area contributed by atoms with Crippen LogP contribution in [0, 0.1) is 0 Å². The first kappa shape index (κ1) is 22.5. The van der Waals surface area contributed by atoms with Crippen molar-refractivity contribution in [1.82, 2.24) is 35.1 Å². The molecule has 0 saturated carbocycles. The fourth-order valence-corrected chi connectivity index (χ4v) is 4.39. The van der Waals surface area contributed by atoms with Crippen molar-refractivity contribution in [1.29, 1.82) is 0 Å². The second kappa shape index (κ2) is 9.62. The van der Waals surface area contributed by atoms with Crippen molar-refractivity contribution in [2.45, 2.75) is 26.2 Å². The molecule has 0 unspecified atom stereocenters. The number of carbonyl (C=O) groups is 1. The topological polar surface area (TPSA) is 125 Å². The number of nitrogens with zero attached hydrogens (tertiary/aromatic N) is 5. The molecule has 1 amide bonds. The molecule has 0 saturated heterocycles. The highest BCUT2D eigenvalue weighted by atomic mass is 16.1. The molecule has 0 atom stereocenters. The standard InChI is InChI=1S/C28H24N8O/c1-2-3-6-26(37)32-19-10-18(13-30-14-19)22-7-8-23-27(34-22)28(36-35-23)24-11-20-21(15-31-16-25(20)33-24)17-5-4-9-29-12-17/h4-5,7-16,33H,2-3,6H2,1H3,(H,32,37)(H,35,36). The van der Waals surface area contributed by atoms with Gasteiger partial charge < -0.3 is 10.3 Å². The van der Waals surface area contributed by atoms with E-state index in [2.05, 4.69) is 48.4 Å². The second-order valence-electron chi connectivity index (χ2n) is 8.85. The number of pyridine rings is 4. The zero-order valence-electron chi connectivity index (χ0n) is 20.2. The lowest BCUT2D eigenvalue weighted by molar-refractivity contribution is -0.116. The normalized spacial score (nSPS) is 11.3. The lowest BCUT2D eigenvalue weighted by Gasteiger charge is -2.07. The summed E-state index contributed by atoms with van der Waals surface area (Å²) < 4.78 is 0. The third kappa shape index (κ3) is 4.42. The van der Waals surface area contributed by atoms with Crippen molar-refractivity contribution in [2.24, 2.45) is 0 Å². The number of aromatic amines is 2. The van der Waals surface area contributed by atoms with Gasteiger partial charge >= 0.3 is 0 Å². The van der Waals surface area contributed by atoms with E-state index in [1.54, 1.807) is 24.8 Å². The van der Waals surface area contributed by atoms with Crippen molar-refractivity contribution in [3.8, 4) is 33.8 Å². The van der Waals surface area contributed by atoms with Gasteiger partial charge in [0, 0.05) is 53.3 Å². The lowest BCUT2D eigenvalue weighted by atomic mass is 10.1. The van der Waals surface area contributed by atoms with Crippen LogP contribution < -0.4 is 5.32 Å². The molecule has 6 rings (SSSR count). The van der Waals surface area contributed by atoms with Crippen molar-refractivity contribution >= 4 is 33.5 Å². The average molecular weight is 489 g/mol. The second-order valence-corrected chi connectivity index (χ2v) is 8.85. The highest BCUT2D eigenvalue weighted by molar-refractivity contribution is 6.00. The number of nitrogens with one attached hydrogen (secondary N) is 3. The Hall–Kier alpha value is -4.92. The van der Waals surface area contributed by atoms with Crippen LogP contribution in [0.3, 0.4) is 0 Å². The molecular formula is C28H24N8O. The maximum Gasteiger partial charge on any atom is 0.224 e. The summed E-state index contributed by atoms with van der Waals surface area (Å²) in [6.45, 7) is 2.06. The predicted molar refractivity (Wildman–Crippen MR) is 144 cm³/mol. The molecule has 0 aliphatic heterocycles. The number of carbonyl (C=O) groups excluding carboxylic acids is 1. The Labute approximate surface area is 212 Å². The Morgan fingerprint density at radius 3 is 2.70 bits per heavy atom. The molecule has 0 bridgehead atoms. The van der Waals surface area contributed by atoms with E-state index in [1.165, 1.54) is 0 Å². The van der Waals surface area contributed by atoms with Crippen molar-refractivity contribution in [3.63, 3.8) is 0 Å². The molecule has 3 N–H and O–H groups in total. The average Bonchev–Trinajstić information content (AvgIpc) is 3.56. The molecule has 6 aromatic rings. The van der Waals surface area contributed by atoms with Crippen LogP contribution in [-0.2, 0) is 4.79 Å². The first-order valence-electron chi connectivity index (χ1n) is 12.2. The number of fused-ring (bicyclic) bond motifs is 2. The van der Waals surface area contributed by atoms with Gasteiger partial charge in [0.05, 0.1) is 40.5 Å². The van der Waals surface area contributed by atoms with Gasteiger partial charge in [-0.2, -0.15) is 5.10 Å². The minimum atomic E-state index is -0.0136. The van der Waals surface area contributed by atoms with Crippen molar-refractivity contribution < 1.29 is 4.79 Å². The lowest BCUT2D eigenvalue weighted by Crippen LogP contribution is -2.11. The number of hydrogen-bond acceptors (Lipinski definition) is 6. The molecule has 9 nitrogen and oxygen atoms in total. The molecular weight excluding hydrogens is 464 g/mol. The molecule has 6 aromatic heterocycles. The molecule has 0 aliphatic rings. The van der Waals surface area contributed by atoms with Crippen LogP contribution in [0.5, 0.6) is 0 Å². The number of rotatable bonds is 7. The van der Waals surface area contributed by atoms with Gasteiger partial charge in [-0.15, -0.1) is 0 Å². The van der Waals surface area contributed by atoms with E-state index >= 15 is 0 Å². The van der Waals surface area contributed by atoms with Gasteiger partial charge in [-0.3, -0.25) is 24.8 Å². The maximum absolute atomic E-state index is 12.2. The SMILES string of the molecule is CCCCC(=O)Nc1cncc(-c2ccc3[nH]nc(-c4cc5c(-c6cccnc6)cncc5[nH]4)c3n2)c1. The van der Waals surface area contributed by atoms with Gasteiger partial charge in [0.15, 0.2) is 0 Å². The highest BCUT2D eigenvalue weighted by Crippen LogP contribution is 2.33. The van der Waals surface area contributed by atoms with Crippen LogP contribution in [0.1, 0.15) is 26.2 Å². The summed E-state index contributed by atoms with van der Waals surface area (Å²) in [4.78, 5) is 33.5. The van der Waals surface area contributed by atoms with Gasteiger partial charge in [0.25, 0.3) is 0 Å². The molecule has 9 heteroatoms. The van der Waals surface area contributed by atoms with Gasteiger partial charge in [-0.25, -0.2) is 4.98 Å². The number of unbranched alkanes of at least 4 members (excludes halogenated alkanes) is 1. The number of amides is 1. The summed E-state index contributed by atoms with van der Waals surface area (Å²) >= 11 is 0. The Morgan fingerprint density at radius 1 is 0.946 bits per heavy atom. The molecule has 0 radical (unpaired) electrons. The smallest absolute Gasteiger partial charge is 0.224 e. The molecule has 0 aliphatic carbocycles. The maximum atomic E-state index is 12.2. The van der Waals surface area contributed by atoms with Gasteiger partial charge in [0.1, 0.15) is 11.2 Å². The Kier molecular flexibility index (Phi) is 5.86.